The number of hydrogen-bond acceptors (Lipinski definition) is 8. The molecule has 0 spiro atoms. The fourth-order valence-electron chi connectivity index (χ4n) is 6.30. The number of fused-ring (bicyclic) bond motifs is 3. The molecule has 0 unspecified atom stereocenters. The monoisotopic (exact) mass is 609 g/mol. The van der Waals surface area contributed by atoms with Gasteiger partial charge < -0.3 is 4.57 Å². The third kappa shape index (κ3) is 4.58. The van der Waals surface area contributed by atoms with Crippen LogP contribution >= 0.6 is 0 Å². The molecule has 0 saturated carbocycles. The Bertz CT molecular complexity index is 2480. The highest BCUT2D eigenvalue weighted by molar-refractivity contribution is 6.09. The number of para-hydroxylation sites is 2. The first-order valence-electron chi connectivity index (χ1n) is 14.2. The summed E-state index contributed by atoms with van der Waals surface area (Å²) >= 11 is 0. The molecular weight excluding hydrogens is 594 g/mol. The summed E-state index contributed by atoms with van der Waals surface area (Å²) in [4.78, 5) is 0. The second kappa shape index (κ2) is 12.1. The maximum atomic E-state index is 10.6. The average molecular weight is 610 g/mol. The van der Waals surface area contributed by atoms with Gasteiger partial charge in [-0.05, 0) is 65.2 Å². The van der Waals surface area contributed by atoms with E-state index in [0.717, 1.165) is 21.8 Å². The van der Waals surface area contributed by atoms with Gasteiger partial charge in [-0.1, -0.05) is 36.4 Å². The zero-order valence-electron chi connectivity index (χ0n) is 24.7. The first-order chi connectivity index (χ1) is 23.5. The molecule has 216 valence electrons. The lowest BCUT2D eigenvalue weighted by Gasteiger charge is -2.25. The average Bonchev–Trinajstić information content (AvgIpc) is 3.48. The van der Waals surface area contributed by atoms with Crippen LogP contribution in [-0.2, 0) is 0 Å². The Labute approximate surface area is 274 Å². The number of benzene rings is 5. The minimum atomic E-state index is -1.22. The van der Waals surface area contributed by atoms with Crippen molar-refractivity contribution in [3.63, 3.8) is 0 Å². The number of aromatic nitrogens is 1. The largest absolute Gasteiger partial charge is 0.307 e. The van der Waals surface area contributed by atoms with E-state index in [4.69, 9.17) is 0 Å². The Morgan fingerprint density at radius 2 is 0.771 bits per heavy atom. The van der Waals surface area contributed by atoms with E-state index in [0.29, 0.717) is 5.69 Å². The molecule has 0 aliphatic rings. The van der Waals surface area contributed by atoms with Gasteiger partial charge in [0.2, 0.25) is 0 Å². The molecule has 6 aromatic rings. The Hall–Kier alpha value is -8.18. The summed E-state index contributed by atoms with van der Waals surface area (Å²) < 4.78 is 1.84. The Morgan fingerprint density at radius 3 is 1.10 bits per heavy atom. The van der Waals surface area contributed by atoms with Gasteiger partial charge in [-0.2, -0.15) is 42.1 Å². The van der Waals surface area contributed by atoms with Crippen LogP contribution in [0.1, 0.15) is 67.1 Å². The van der Waals surface area contributed by atoms with E-state index in [-0.39, 0.29) is 61.2 Å². The molecule has 0 amide bonds. The summed E-state index contributed by atoms with van der Waals surface area (Å²) in [7, 11) is 0. The minimum absolute atomic E-state index is 0.0450. The van der Waals surface area contributed by atoms with E-state index in [1.165, 1.54) is 36.4 Å². The highest BCUT2D eigenvalue weighted by Crippen LogP contribution is 2.42. The SMILES string of the molecule is N#Cc1cc(C#N)c(C(c2cc(C#N)c(-n3c4ccccc4c4ccccc43)c(C#N)c2)c2c(C#N)cc(C#N)cc2C#N)c(C#N)c1. The smallest absolute Gasteiger partial charge is 0.101 e. The van der Waals surface area contributed by atoms with Crippen molar-refractivity contribution in [1.29, 1.82) is 42.1 Å². The zero-order chi connectivity index (χ0) is 33.9. The Morgan fingerprint density at radius 1 is 0.417 bits per heavy atom. The van der Waals surface area contributed by atoms with Crippen molar-refractivity contribution >= 4 is 21.8 Å². The highest BCUT2D eigenvalue weighted by atomic mass is 15.0. The van der Waals surface area contributed by atoms with Crippen molar-refractivity contribution in [2.24, 2.45) is 0 Å². The predicted molar refractivity (Wildman–Crippen MR) is 172 cm³/mol. The third-order valence-corrected chi connectivity index (χ3v) is 8.19. The van der Waals surface area contributed by atoms with Crippen molar-refractivity contribution in [2.75, 3.05) is 0 Å². The van der Waals surface area contributed by atoms with E-state index >= 15 is 0 Å². The summed E-state index contributed by atoms with van der Waals surface area (Å²) in [6.07, 6.45) is 0. The second-order valence-corrected chi connectivity index (χ2v) is 10.6. The van der Waals surface area contributed by atoms with Gasteiger partial charge >= 0.3 is 0 Å². The molecule has 9 heteroatoms. The van der Waals surface area contributed by atoms with Crippen molar-refractivity contribution in [3.05, 3.63) is 146 Å². The molecule has 48 heavy (non-hydrogen) atoms. The summed E-state index contributed by atoms with van der Waals surface area (Å²) in [5.74, 6) is -1.22. The molecule has 6 rings (SSSR count). The lowest BCUT2D eigenvalue weighted by atomic mass is 9.76. The Balaban J connectivity index is 1.79. The normalized spacial score (nSPS) is 10.1. The first kappa shape index (κ1) is 29.9. The standard InChI is InChI=1S/C39H15N9/c40-15-23-9-26(17-42)36(27(10-23)18-43)38(37-28(19-44)11-24(16-41)12-29(37)20-45)25-13-30(21-46)39(31(14-25)22-47)48-34-7-3-1-5-32(34)33-6-2-4-8-35(33)48/h1-14,38H. The van der Waals surface area contributed by atoms with Crippen molar-refractivity contribution in [2.45, 2.75) is 5.92 Å². The topological polar surface area (TPSA) is 195 Å². The van der Waals surface area contributed by atoms with Gasteiger partial charge in [-0.15, -0.1) is 0 Å². The van der Waals surface area contributed by atoms with Gasteiger partial charge in [0.15, 0.2) is 0 Å². The number of hydrogen-bond donors (Lipinski definition) is 0. The van der Waals surface area contributed by atoms with Crippen LogP contribution in [0.4, 0.5) is 0 Å². The maximum absolute atomic E-state index is 10.6. The van der Waals surface area contributed by atoms with Gasteiger partial charge in [-0.3, -0.25) is 0 Å². The summed E-state index contributed by atoms with van der Waals surface area (Å²) in [5.41, 5.74) is 2.17. The second-order valence-electron chi connectivity index (χ2n) is 10.6. The molecule has 5 aromatic carbocycles. The van der Waals surface area contributed by atoms with Crippen LogP contribution in [0, 0.1) is 90.6 Å². The van der Waals surface area contributed by atoms with E-state index in [9.17, 15) is 42.1 Å². The molecule has 0 radical (unpaired) electrons. The summed E-state index contributed by atoms with van der Waals surface area (Å²) in [6, 6.07) is 39.9. The van der Waals surface area contributed by atoms with Gasteiger partial charge in [-0.25, -0.2) is 0 Å². The summed E-state index contributed by atoms with van der Waals surface area (Å²) in [6.45, 7) is 0. The van der Waals surface area contributed by atoms with Crippen LogP contribution in [0.5, 0.6) is 0 Å². The zero-order valence-corrected chi connectivity index (χ0v) is 24.7. The van der Waals surface area contributed by atoms with Gasteiger partial charge in [0, 0.05) is 16.7 Å². The van der Waals surface area contributed by atoms with Crippen LogP contribution in [0.25, 0.3) is 27.5 Å². The van der Waals surface area contributed by atoms with E-state index in [1.54, 1.807) is 0 Å². The van der Waals surface area contributed by atoms with E-state index < -0.39 is 5.92 Å². The summed E-state index contributed by atoms with van der Waals surface area (Å²) in [5, 5.41) is 83.3. The van der Waals surface area contributed by atoms with Crippen LogP contribution in [0.2, 0.25) is 0 Å². The molecule has 0 aliphatic heterocycles. The third-order valence-electron chi connectivity index (χ3n) is 8.19. The molecule has 9 nitrogen and oxygen atoms in total. The molecule has 0 bridgehead atoms. The maximum Gasteiger partial charge on any atom is 0.101 e. The number of rotatable bonds is 4. The molecule has 0 atom stereocenters. The quantitative estimate of drug-likeness (QED) is 0.192. The van der Waals surface area contributed by atoms with E-state index in [2.05, 4.69) is 12.1 Å². The lowest BCUT2D eigenvalue weighted by Crippen LogP contribution is -2.14. The highest BCUT2D eigenvalue weighted by Gasteiger charge is 2.31. The number of nitrogens with zero attached hydrogens (tertiary/aromatic N) is 9. The van der Waals surface area contributed by atoms with Crippen molar-refractivity contribution in [3.8, 4) is 54.2 Å². The van der Waals surface area contributed by atoms with Gasteiger partial charge in [0.1, 0.15) is 12.1 Å². The van der Waals surface area contributed by atoms with Crippen LogP contribution in [0.3, 0.4) is 0 Å². The lowest BCUT2D eigenvalue weighted by molar-refractivity contribution is 0.948. The van der Waals surface area contributed by atoms with E-state index in [1.807, 2.05) is 89.5 Å². The first-order valence-corrected chi connectivity index (χ1v) is 14.2. The molecule has 1 aromatic heterocycles. The van der Waals surface area contributed by atoms with Crippen LogP contribution < -0.4 is 0 Å². The van der Waals surface area contributed by atoms with Crippen LogP contribution in [0.15, 0.2) is 84.9 Å². The molecule has 0 aliphatic carbocycles. The fourth-order valence-corrected chi connectivity index (χ4v) is 6.30. The van der Waals surface area contributed by atoms with Crippen molar-refractivity contribution in [1.82, 2.24) is 4.57 Å². The Kier molecular flexibility index (Phi) is 7.51. The molecule has 0 N–H and O–H groups in total. The van der Waals surface area contributed by atoms with Crippen molar-refractivity contribution < 1.29 is 0 Å². The molecular formula is C39H15N9. The van der Waals surface area contributed by atoms with Gasteiger partial charge in [0.05, 0.1) is 97.6 Å². The molecule has 1 heterocycles. The van der Waals surface area contributed by atoms with Gasteiger partial charge in [0.25, 0.3) is 0 Å². The molecule has 0 saturated heterocycles. The minimum Gasteiger partial charge on any atom is -0.307 e. The molecule has 0 fully saturated rings. The predicted octanol–water partition coefficient (Wildman–Crippen LogP) is 6.94. The number of nitriles is 8. The fraction of sp³-hybridized carbons (Fsp3) is 0.0256. The van der Waals surface area contributed by atoms with Crippen LogP contribution in [-0.4, -0.2) is 4.57 Å².